The smallest absolute Gasteiger partial charge is 0.242 e. The Morgan fingerprint density at radius 3 is 2.41 bits per heavy atom. The molecule has 7 heteroatoms. The summed E-state index contributed by atoms with van der Waals surface area (Å²) < 4.78 is 1.12. The number of carbonyl (C=O) groups is 1. The van der Waals surface area contributed by atoms with E-state index in [1.54, 1.807) is 0 Å². The maximum Gasteiger partial charge on any atom is 0.242 e. The van der Waals surface area contributed by atoms with E-state index in [4.69, 9.17) is 0 Å². The van der Waals surface area contributed by atoms with Gasteiger partial charge in [-0.3, -0.25) is 9.69 Å². The van der Waals surface area contributed by atoms with Crippen LogP contribution in [-0.2, 0) is 11.3 Å². The second kappa shape index (κ2) is 10.1. The monoisotopic (exact) mass is 435 g/mol. The van der Waals surface area contributed by atoms with Crippen molar-refractivity contribution in [1.29, 1.82) is 0 Å². The third-order valence-corrected chi connectivity index (χ3v) is 5.44. The van der Waals surface area contributed by atoms with Crippen molar-refractivity contribution in [2.24, 2.45) is 4.99 Å². The molecule has 148 valence electrons. The average Bonchev–Trinajstić information content (AvgIpc) is 3.47. The highest BCUT2D eigenvalue weighted by Gasteiger charge is 2.23. The van der Waals surface area contributed by atoms with Crippen LogP contribution in [0, 0.1) is 0 Å². The second-order valence-electron chi connectivity index (χ2n) is 7.36. The molecule has 0 aromatic heterocycles. The van der Waals surface area contributed by atoms with E-state index in [-0.39, 0.29) is 12.5 Å². The van der Waals surface area contributed by atoms with E-state index in [0.717, 1.165) is 62.3 Å². The van der Waals surface area contributed by atoms with E-state index in [1.807, 2.05) is 6.92 Å². The van der Waals surface area contributed by atoms with E-state index in [9.17, 15) is 4.79 Å². The molecule has 0 radical (unpaired) electrons. The second-order valence-corrected chi connectivity index (χ2v) is 8.27. The molecule has 1 aliphatic carbocycles. The molecule has 0 unspecified atom stereocenters. The number of halogens is 1. The molecule has 3 N–H and O–H groups in total. The Labute approximate surface area is 170 Å². The molecule has 3 rings (SSSR count). The van der Waals surface area contributed by atoms with Crippen LogP contribution in [0.3, 0.4) is 0 Å². The van der Waals surface area contributed by atoms with Gasteiger partial charge >= 0.3 is 0 Å². The fourth-order valence-electron chi connectivity index (χ4n) is 3.25. The van der Waals surface area contributed by atoms with Gasteiger partial charge in [-0.05, 0) is 50.3 Å². The van der Waals surface area contributed by atoms with Gasteiger partial charge in [0.15, 0.2) is 5.96 Å². The maximum absolute atomic E-state index is 11.8. The molecular formula is C20H30BrN5O. The summed E-state index contributed by atoms with van der Waals surface area (Å²) in [5, 5.41) is 9.73. The van der Waals surface area contributed by atoms with Crippen molar-refractivity contribution in [3.63, 3.8) is 0 Å². The summed E-state index contributed by atoms with van der Waals surface area (Å²) in [7, 11) is 0. The number of nitrogens with one attached hydrogen (secondary N) is 3. The number of piperidine rings is 1. The normalized spacial score (nSPS) is 19.0. The fraction of sp³-hybridized carbons (Fsp3) is 0.600. The summed E-state index contributed by atoms with van der Waals surface area (Å²) >= 11 is 3.49. The van der Waals surface area contributed by atoms with Crippen LogP contribution in [0.15, 0.2) is 33.7 Å². The average molecular weight is 436 g/mol. The van der Waals surface area contributed by atoms with Gasteiger partial charge in [-0.1, -0.05) is 28.1 Å². The highest BCUT2D eigenvalue weighted by molar-refractivity contribution is 9.10. The molecule has 0 atom stereocenters. The minimum absolute atomic E-state index is 0.0130. The van der Waals surface area contributed by atoms with Crippen LogP contribution in [0.4, 0.5) is 0 Å². The molecule has 1 aromatic carbocycles. The third kappa shape index (κ3) is 7.14. The standard InChI is InChI=1S/C20H30BrN5O/c1-2-22-20(23-13-19(27)24-17-7-8-17)25-18-9-11-26(12-10-18)14-15-3-5-16(21)6-4-15/h3-6,17-18H,2,7-14H2,1H3,(H,24,27)(H2,22,23,25). The quantitative estimate of drug-likeness (QED) is 0.453. The van der Waals surface area contributed by atoms with E-state index < -0.39 is 0 Å². The van der Waals surface area contributed by atoms with Crippen molar-refractivity contribution in [1.82, 2.24) is 20.9 Å². The molecule has 6 nitrogen and oxygen atoms in total. The minimum Gasteiger partial charge on any atom is -0.357 e. The van der Waals surface area contributed by atoms with Crippen LogP contribution in [0.25, 0.3) is 0 Å². The van der Waals surface area contributed by atoms with Gasteiger partial charge < -0.3 is 16.0 Å². The minimum atomic E-state index is 0.0130. The Kier molecular flexibility index (Phi) is 7.52. The van der Waals surface area contributed by atoms with Crippen LogP contribution in [-0.4, -0.2) is 55.0 Å². The van der Waals surface area contributed by atoms with Crippen molar-refractivity contribution in [2.75, 3.05) is 26.2 Å². The first-order valence-corrected chi connectivity index (χ1v) is 10.7. The number of likely N-dealkylation sites (tertiary alicyclic amines) is 1. The predicted octanol–water partition coefficient (Wildman–Crippen LogP) is 2.25. The van der Waals surface area contributed by atoms with E-state index in [2.05, 4.69) is 66.0 Å². The fourth-order valence-corrected chi connectivity index (χ4v) is 3.51. The third-order valence-electron chi connectivity index (χ3n) is 4.92. The van der Waals surface area contributed by atoms with E-state index in [1.165, 1.54) is 5.56 Å². The summed E-state index contributed by atoms with van der Waals surface area (Å²) in [5.41, 5.74) is 1.35. The molecule has 1 amide bonds. The highest BCUT2D eigenvalue weighted by atomic mass is 79.9. The molecular weight excluding hydrogens is 406 g/mol. The van der Waals surface area contributed by atoms with Crippen LogP contribution in [0.1, 0.15) is 38.2 Å². The summed E-state index contributed by atoms with van der Waals surface area (Å²) in [4.78, 5) is 18.8. The summed E-state index contributed by atoms with van der Waals surface area (Å²) in [6.07, 6.45) is 4.36. The molecule has 2 fully saturated rings. The van der Waals surface area contributed by atoms with Gasteiger partial charge in [-0.25, -0.2) is 4.99 Å². The molecule has 1 heterocycles. The molecule has 1 saturated carbocycles. The number of hydrogen-bond acceptors (Lipinski definition) is 3. The Bertz CT molecular complexity index is 636. The molecule has 1 aromatic rings. The highest BCUT2D eigenvalue weighted by Crippen LogP contribution is 2.18. The Hall–Kier alpha value is -1.60. The number of amides is 1. The maximum atomic E-state index is 11.8. The Morgan fingerprint density at radius 1 is 1.11 bits per heavy atom. The van der Waals surface area contributed by atoms with Gasteiger partial charge in [-0.2, -0.15) is 0 Å². The van der Waals surface area contributed by atoms with Gasteiger partial charge in [0.1, 0.15) is 6.54 Å². The molecule has 0 spiro atoms. The van der Waals surface area contributed by atoms with E-state index >= 15 is 0 Å². The first-order valence-electron chi connectivity index (χ1n) is 9.93. The van der Waals surface area contributed by atoms with Gasteiger partial charge in [0, 0.05) is 42.7 Å². The molecule has 0 bridgehead atoms. The SMILES string of the molecule is CCNC(=NCC(=O)NC1CC1)NC1CCN(Cc2ccc(Br)cc2)CC1. The lowest BCUT2D eigenvalue weighted by Crippen LogP contribution is -2.48. The van der Waals surface area contributed by atoms with Crippen LogP contribution in [0.5, 0.6) is 0 Å². The van der Waals surface area contributed by atoms with Crippen LogP contribution >= 0.6 is 15.9 Å². The molecule has 1 aliphatic heterocycles. The zero-order valence-electron chi connectivity index (χ0n) is 16.0. The number of aliphatic imine (C=N–C) groups is 1. The van der Waals surface area contributed by atoms with Crippen molar-refractivity contribution in [2.45, 2.75) is 51.2 Å². The van der Waals surface area contributed by atoms with Crippen molar-refractivity contribution >= 4 is 27.8 Å². The lowest BCUT2D eigenvalue weighted by atomic mass is 10.0. The topological polar surface area (TPSA) is 68.8 Å². The predicted molar refractivity (Wildman–Crippen MR) is 113 cm³/mol. The first kappa shape index (κ1) is 20.1. The summed E-state index contributed by atoms with van der Waals surface area (Å²) in [6, 6.07) is 9.34. The molecule has 27 heavy (non-hydrogen) atoms. The zero-order chi connectivity index (χ0) is 19.1. The van der Waals surface area contributed by atoms with Crippen LogP contribution < -0.4 is 16.0 Å². The number of guanidine groups is 1. The zero-order valence-corrected chi connectivity index (χ0v) is 17.6. The number of hydrogen-bond donors (Lipinski definition) is 3. The van der Waals surface area contributed by atoms with Gasteiger partial charge in [-0.15, -0.1) is 0 Å². The lowest BCUT2D eigenvalue weighted by Gasteiger charge is -2.33. The van der Waals surface area contributed by atoms with Gasteiger partial charge in [0.2, 0.25) is 5.91 Å². The van der Waals surface area contributed by atoms with Crippen molar-refractivity contribution in [3.8, 4) is 0 Å². The Balaban J connectivity index is 1.42. The molecule has 1 saturated heterocycles. The van der Waals surface area contributed by atoms with Crippen molar-refractivity contribution in [3.05, 3.63) is 34.3 Å². The number of rotatable bonds is 7. The molecule has 2 aliphatic rings. The van der Waals surface area contributed by atoms with Gasteiger partial charge in [0.25, 0.3) is 0 Å². The largest absolute Gasteiger partial charge is 0.357 e. The summed E-state index contributed by atoms with van der Waals surface area (Å²) in [6.45, 7) is 6.15. The van der Waals surface area contributed by atoms with E-state index in [0.29, 0.717) is 12.1 Å². The Morgan fingerprint density at radius 2 is 1.78 bits per heavy atom. The summed E-state index contributed by atoms with van der Waals surface area (Å²) in [5.74, 6) is 0.758. The number of carbonyl (C=O) groups excluding carboxylic acids is 1. The lowest BCUT2D eigenvalue weighted by molar-refractivity contribution is -0.119. The first-order chi connectivity index (χ1) is 13.1. The number of nitrogens with zero attached hydrogens (tertiary/aromatic N) is 2. The van der Waals surface area contributed by atoms with Crippen molar-refractivity contribution < 1.29 is 4.79 Å². The van der Waals surface area contributed by atoms with Gasteiger partial charge in [0.05, 0.1) is 0 Å². The number of benzene rings is 1. The van der Waals surface area contributed by atoms with Crippen LogP contribution in [0.2, 0.25) is 0 Å².